The van der Waals surface area contributed by atoms with Crippen molar-refractivity contribution >= 4 is 50.4 Å². The van der Waals surface area contributed by atoms with E-state index in [1.54, 1.807) is 17.5 Å². The topological polar surface area (TPSA) is 102 Å². The van der Waals surface area contributed by atoms with Crippen molar-refractivity contribution in [2.75, 3.05) is 16.4 Å². The van der Waals surface area contributed by atoms with Crippen molar-refractivity contribution in [2.24, 2.45) is 0 Å². The summed E-state index contributed by atoms with van der Waals surface area (Å²) in [5.41, 5.74) is 9.38. The van der Waals surface area contributed by atoms with Gasteiger partial charge < -0.3 is 16.4 Å². The van der Waals surface area contributed by atoms with Crippen LogP contribution in [0, 0.1) is 13.8 Å². The Balaban J connectivity index is 1.67. The van der Waals surface area contributed by atoms with Crippen LogP contribution in [0.1, 0.15) is 10.6 Å². The molecule has 0 spiro atoms. The van der Waals surface area contributed by atoms with Gasteiger partial charge in [-0.25, -0.2) is 15.0 Å². The zero-order valence-electron chi connectivity index (χ0n) is 14.3. The lowest BCUT2D eigenvalue weighted by Crippen LogP contribution is -2.05. The molecule has 0 unspecified atom stereocenters. The zero-order valence-corrected chi connectivity index (χ0v) is 15.1. The van der Waals surface area contributed by atoms with E-state index in [0.29, 0.717) is 17.3 Å². The van der Waals surface area contributed by atoms with Crippen molar-refractivity contribution in [3.05, 3.63) is 53.4 Å². The molecule has 0 bridgehead atoms. The number of benzene rings is 1. The number of aryl methyl sites for hydroxylation is 2. The van der Waals surface area contributed by atoms with Gasteiger partial charge in [-0.05, 0) is 26.0 Å². The number of hydrogen-bond acceptors (Lipinski definition) is 8. The highest BCUT2D eigenvalue weighted by molar-refractivity contribution is 7.15. The van der Waals surface area contributed by atoms with Crippen LogP contribution in [0.15, 0.2) is 42.9 Å². The summed E-state index contributed by atoms with van der Waals surface area (Å²) in [6, 6.07) is 9.83. The van der Waals surface area contributed by atoms with E-state index in [2.05, 4.69) is 30.6 Å². The largest absolute Gasteiger partial charge is 0.393 e. The molecule has 4 aromatic rings. The fraction of sp³-hybridized carbons (Fsp3) is 0.111. The first-order valence-electron chi connectivity index (χ1n) is 8.04. The maximum absolute atomic E-state index is 6.27. The second-order valence-electron chi connectivity index (χ2n) is 5.78. The number of nitrogens with zero attached hydrogens (tertiary/aromatic N) is 4. The lowest BCUT2D eigenvalue weighted by Gasteiger charge is -2.12. The number of hydrogen-bond donors (Lipinski definition) is 3. The Hall–Kier alpha value is -3.26. The van der Waals surface area contributed by atoms with Gasteiger partial charge in [0.1, 0.15) is 12.0 Å². The minimum Gasteiger partial charge on any atom is -0.393 e. The summed E-state index contributed by atoms with van der Waals surface area (Å²) in [5.74, 6) is 1.04. The average Bonchev–Trinajstić information content (AvgIpc) is 2.96. The van der Waals surface area contributed by atoms with E-state index in [9.17, 15) is 0 Å². The van der Waals surface area contributed by atoms with E-state index >= 15 is 0 Å². The van der Waals surface area contributed by atoms with Gasteiger partial charge in [0.25, 0.3) is 0 Å². The number of nitrogens with two attached hydrogens (primary N) is 1. The van der Waals surface area contributed by atoms with Gasteiger partial charge in [0, 0.05) is 16.5 Å². The van der Waals surface area contributed by atoms with Crippen LogP contribution in [0.4, 0.5) is 28.1 Å². The molecule has 4 rings (SSSR count). The molecule has 0 amide bonds. The van der Waals surface area contributed by atoms with Crippen molar-refractivity contribution in [2.45, 2.75) is 13.8 Å². The summed E-state index contributed by atoms with van der Waals surface area (Å²) in [5, 5.41) is 8.23. The molecular formula is C18H17N7S. The molecule has 0 fully saturated rings. The standard InChI is InChI=1S/C18H17N7S/c1-10-11(2)26-18(23-10)25-17-14(19)16(21-9-22-17)24-13-7-3-5-12-6-4-8-20-15(12)13/h3-9H,19H2,1-2H3,(H2,21,22,23,24,25). The Morgan fingerprint density at radius 2 is 1.73 bits per heavy atom. The fourth-order valence-corrected chi connectivity index (χ4v) is 3.37. The molecule has 3 aromatic heterocycles. The predicted molar refractivity (Wildman–Crippen MR) is 106 cm³/mol. The van der Waals surface area contributed by atoms with Crippen LogP contribution in [0.25, 0.3) is 10.9 Å². The molecular weight excluding hydrogens is 346 g/mol. The molecule has 0 atom stereocenters. The van der Waals surface area contributed by atoms with E-state index < -0.39 is 0 Å². The number of thiazole rings is 1. The second kappa shape index (κ2) is 6.57. The number of anilines is 5. The first-order valence-corrected chi connectivity index (χ1v) is 8.86. The zero-order chi connectivity index (χ0) is 18.1. The maximum Gasteiger partial charge on any atom is 0.188 e. The van der Waals surface area contributed by atoms with Gasteiger partial charge in [0.15, 0.2) is 16.8 Å². The number of pyridine rings is 1. The molecule has 0 saturated carbocycles. The van der Waals surface area contributed by atoms with Gasteiger partial charge >= 0.3 is 0 Å². The third-order valence-electron chi connectivity index (χ3n) is 4.02. The average molecular weight is 363 g/mol. The van der Waals surface area contributed by atoms with Crippen LogP contribution in [-0.2, 0) is 0 Å². The SMILES string of the molecule is Cc1nc(Nc2ncnc(Nc3cccc4cccnc34)c2N)sc1C. The first-order chi connectivity index (χ1) is 12.6. The number of fused-ring (bicyclic) bond motifs is 1. The lowest BCUT2D eigenvalue weighted by molar-refractivity contribution is 1.16. The predicted octanol–water partition coefficient (Wildman–Crippen LogP) is 4.17. The van der Waals surface area contributed by atoms with Gasteiger partial charge in [0.05, 0.1) is 16.9 Å². The molecule has 4 N–H and O–H groups in total. The third-order valence-corrected chi connectivity index (χ3v) is 5.01. The van der Waals surface area contributed by atoms with Crippen molar-refractivity contribution in [3.63, 3.8) is 0 Å². The molecule has 1 aromatic carbocycles. The molecule has 7 nitrogen and oxygen atoms in total. The Morgan fingerprint density at radius 3 is 2.50 bits per heavy atom. The van der Waals surface area contributed by atoms with E-state index in [-0.39, 0.29) is 0 Å². The van der Waals surface area contributed by atoms with Crippen LogP contribution in [0.5, 0.6) is 0 Å². The van der Waals surface area contributed by atoms with Crippen molar-refractivity contribution in [1.29, 1.82) is 0 Å². The highest BCUT2D eigenvalue weighted by atomic mass is 32.1. The summed E-state index contributed by atoms with van der Waals surface area (Å²) in [6.07, 6.45) is 3.23. The summed E-state index contributed by atoms with van der Waals surface area (Å²) in [6.45, 7) is 4.00. The number of nitrogen functional groups attached to an aromatic ring is 1. The van der Waals surface area contributed by atoms with E-state index in [0.717, 1.165) is 32.3 Å². The normalized spacial score (nSPS) is 10.8. The number of rotatable bonds is 4. The van der Waals surface area contributed by atoms with Gasteiger partial charge in [-0.3, -0.25) is 4.98 Å². The van der Waals surface area contributed by atoms with Crippen LogP contribution in [0.3, 0.4) is 0 Å². The summed E-state index contributed by atoms with van der Waals surface area (Å²) < 4.78 is 0. The summed E-state index contributed by atoms with van der Waals surface area (Å²) in [7, 11) is 0. The van der Waals surface area contributed by atoms with Gasteiger partial charge in [-0.2, -0.15) is 0 Å². The summed E-state index contributed by atoms with van der Waals surface area (Å²) >= 11 is 1.56. The fourth-order valence-electron chi connectivity index (χ4n) is 2.55. The third kappa shape index (κ3) is 3.02. The smallest absolute Gasteiger partial charge is 0.188 e. The van der Waals surface area contributed by atoms with Crippen molar-refractivity contribution in [1.82, 2.24) is 19.9 Å². The molecule has 26 heavy (non-hydrogen) atoms. The molecule has 8 heteroatoms. The molecule has 0 aliphatic carbocycles. The maximum atomic E-state index is 6.27. The van der Waals surface area contributed by atoms with Crippen molar-refractivity contribution in [3.8, 4) is 0 Å². The van der Waals surface area contributed by atoms with Crippen molar-refractivity contribution < 1.29 is 0 Å². The molecule has 0 radical (unpaired) electrons. The summed E-state index contributed by atoms with van der Waals surface area (Å²) in [4.78, 5) is 18.6. The van der Waals surface area contributed by atoms with E-state index in [1.807, 2.05) is 44.2 Å². The Kier molecular flexibility index (Phi) is 4.10. The van der Waals surface area contributed by atoms with Crippen LogP contribution in [-0.4, -0.2) is 19.9 Å². The van der Waals surface area contributed by atoms with Gasteiger partial charge in [0.2, 0.25) is 0 Å². The van der Waals surface area contributed by atoms with E-state index in [1.165, 1.54) is 6.33 Å². The van der Waals surface area contributed by atoms with Gasteiger partial charge in [-0.15, -0.1) is 11.3 Å². The first kappa shape index (κ1) is 16.2. The highest BCUT2D eigenvalue weighted by Gasteiger charge is 2.12. The molecule has 0 aliphatic heterocycles. The number of nitrogens with one attached hydrogen (secondary N) is 2. The highest BCUT2D eigenvalue weighted by Crippen LogP contribution is 2.32. The minimum atomic E-state index is 0.422. The number of para-hydroxylation sites is 1. The Morgan fingerprint density at radius 1 is 0.962 bits per heavy atom. The molecule has 0 aliphatic rings. The Labute approximate surface area is 154 Å². The number of aromatic nitrogens is 4. The second-order valence-corrected chi connectivity index (χ2v) is 6.98. The lowest BCUT2D eigenvalue weighted by atomic mass is 10.2. The van der Waals surface area contributed by atoms with E-state index in [4.69, 9.17) is 5.73 Å². The van der Waals surface area contributed by atoms with Crippen LogP contribution >= 0.6 is 11.3 Å². The molecule has 3 heterocycles. The van der Waals surface area contributed by atoms with Crippen LogP contribution in [0.2, 0.25) is 0 Å². The monoisotopic (exact) mass is 363 g/mol. The molecule has 0 saturated heterocycles. The quantitative estimate of drug-likeness (QED) is 0.500. The van der Waals surface area contributed by atoms with Gasteiger partial charge in [-0.1, -0.05) is 18.2 Å². The van der Waals surface area contributed by atoms with Crippen LogP contribution < -0.4 is 16.4 Å². The molecule has 130 valence electrons. The minimum absolute atomic E-state index is 0.422. The Bertz CT molecular complexity index is 1070.